The van der Waals surface area contributed by atoms with Gasteiger partial charge in [-0.1, -0.05) is 32.9 Å². The van der Waals surface area contributed by atoms with E-state index in [1.807, 2.05) is 27.7 Å². The van der Waals surface area contributed by atoms with E-state index >= 15 is 0 Å². The van der Waals surface area contributed by atoms with Gasteiger partial charge in [0.15, 0.2) is 0 Å². The van der Waals surface area contributed by atoms with E-state index in [2.05, 4.69) is 5.32 Å². The first kappa shape index (κ1) is 16.0. The van der Waals surface area contributed by atoms with Crippen LogP contribution in [0, 0.1) is 12.3 Å². The molecule has 0 spiro atoms. The Morgan fingerprint density at radius 2 is 1.95 bits per heavy atom. The summed E-state index contributed by atoms with van der Waals surface area (Å²) in [6, 6.07) is 5.28. The maximum Gasteiger partial charge on any atom is 0.328 e. The van der Waals surface area contributed by atoms with E-state index in [0.717, 1.165) is 17.2 Å². The number of carboxylic acids is 1. The summed E-state index contributed by atoms with van der Waals surface area (Å²) < 4.78 is 0. The molecule has 108 valence electrons. The minimum Gasteiger partial charge on any atom is -0.478 e. The minimum atomic E-state index is -1.01. The lowest BCUT2D eigenvalue weighted by atomic mass is 9.96. The standard InChI is InChI=1S/C16H21NO3/c1-11-12(8-9-14(18)19)6-5-7-13(11)15(20)17-10-16(2,3)4/h5-9H,10H2,1-4H3,(H,17,20)(H,18,19). The van der Waals surface area contributed by atoms with Crippen molar-refractivity contribution < 1.29 is 14.7 Å². The number of carbonyl (C=O) groups excluding carboxylic acids is 1. The molecule has 0 heterocycles. The van der Waals surface area contributed by atoms with Crippen molar-refractivity contribution in [3.63, 3.8) is 0 Å². The second-order valence-corrected chi connectivity index (χ2v) is 5.93. The van der Waals surface area contributed by atoms with Crippen LogP contribution >= 0.6 is 0 Å². The number of rotatable bonds is 4. The molecular formula is C16H21NO3. The third-order valence-corrected chi connectivity index (χ3v) is 2.81. The Morgan fingerprint density at radius 3 is 2.50 bits per heavy atom. The van der Waals surface area contributed by atoms with Crippen molar-refractivity contribution in [1.29, 1.82) is 0 Å². The molecule has 0 aliphatic carbocycles. The van der Waals surface area contributed by atoms with Gasteiger partial charge in [0.1, 0.15) is 0 Å². The zero-order valence-corrected chi connectivity index (χ0v) is 12.4. The van der Waals surface area contributed by atoms with Gasteiger partial charge in [-0.3, -0.25) is 4.79 Å². The van der Waals surface area contributed by atoms with Crippen LogP contribution in [0.1, 0.15) is 42.3 Å². The first-order valence-corrected chi connectivity index (χ1v) is 6.49. The van der Waals surface area contributed by atoms with Crippen molar-refractivity contribution >= 4 is 18.0 Å². The Bertz CT molecular complexity index is 539. The molecule has 0 bridgehead atoms. The summed E-state index contributed by atoms with van der Waals surface area (Å²) in [4.78, 5) is 22.7. The van der Waals surface area contributed by atoms with Gasteiger partial charge in [-0.15, -0.1) is 0 Å². The maximum absolute atomic E-state index is 12.2. The summed E-state index contributed by atoms with van der Waals surface area (Å²) in [5.41, 5.74) is 2.10. The highest BCUT2D eigenvalue weighted by Gasteiger charge is 2.15. The molecule has 0 saturated heterocycles. The Morgan fingerprint density at radius 1 is 1.30 bits per heavy atom. The van der Waals surface area contributed by atoms with Crippen LogP contribution in [-0.2, 0) is 4.79 Å². The third-order valence-electron chi connectivity index (χ3n) is 2.81. The van der Waals surface area contributed by atoms with Gasteiger partial charge < -0.3 is 10.4 Å². The van der Waals surface area contributed by atoms with Crippen molar-refractivity contribution in [2.24, 2.45) is 5.41 Å². The summed E-state index contributed by atoms with van der Waals surface area (Å²) in [5.74, 6) is -1.14. The number of hydrogen-bond donors (Lipinski definition) is 2. The van der Waals surface area contributed by atoms with E-state index in [0.29, 0.717) is 12.1 Å². The molecule has 20 heavy (non-hydrogen) atoms. The van der Waals surface area contributed by atoms with Gasteiger partial charge in [0.2, 0.25) is 0 Å². The van der Waals surface area contributed by atoms with Crippen LogP contribution in [0.2, 0.25) is 0 Å². The van der Waals surface area contributed by atoms with Gasteiger partial charge in [0.05, 0.1) is 0 Å². The van der Waals surface area contributed by atoms with Gasteiger partial charge in [-0.2, -0.15) is 0 Å². The van der Waals surface area contributed by atoms with E-state index < -0.39 is 5.97 Å². The maximum atomic E-state index is 12.2. The number of carbonyl (C=O) groups is 2. The van der Waals surface area contributed by atoms with Crippen molar-refractivity contribution in [1.82, 2.24) is 5.32 Å². The smallest absolute Gasteiger partial charge is 0.328 e. The van der Waals surface area contributed by atoms with Crippen molar-refractivity contribution in [3.8, 4) is 0 Å². The lowest BCUT2D eigenvalue weighted by molar-refractivity contribution is -0.131. The van der Waals surface area contributed by atoms with Gasteiger partial charge in [0, 0.05) is 18.2 Å². The second-order valence-electron chi connectivity index (χ2n) is 5.93. The molecule has 1 aromatic carbocycles. The Labute approximate surface area is 119 Å². The van der Waals surface area contributed by atoms with Crippen LogP contribution in [0.3, 0.4) is 0 Å². The summed E-state index contributed by atoms with van der Waals surface area (Å²) in [7, 11) is 0. The Balaban J connectivity index is 2.94. The average molecular weight is 275 g/mol. The van der Waals surface area contributed by atoms with Gasteiger partial charge in [0.25, 0.3) is 5.91 Å². The molecule has 0 aliphatic heterocycles. The molecule has 0 atom stereocenters. The number of amides is 1. The lowest BCUT2D eigenvalue weighted by Crippen LogP contribution is -2.32. The van der Waals surface area contributed by atoms with Gasteiger partial charge in [-0.05, 0) is 35.6 Å². The van der Waals surface area contributed by atoms with Crippen LogP contribution in [0.25, 0.3) is 6.08 Å². The quantitative estimate of drug-likeness (QED) is 0.830. The molecule has 0 fully saturated rings. The van der Waals surface area contributed by atoms with E-state index in [9.17, 15) is 9.59 Å². The van der Waals surface area contributed by atoms with Crippen LogP contribution < -0.4 is 5.32 Å². The summed E-state index contributed by atoms with van der Waals surface area (Å²) in [6.45, 7) is 8.54. The molecule has 0 radical (unpaired) electrons. The van der Waals surface area contributed by atoms with Gasteiger partial charge >= 0.3 is 5.97 Å². The highest BCUT2D eigenvalue weighted by molar-refractivity contribution is 5.97. The van der Waals surface area contributed by atoms with Crippen LogP contribution in [0.4, 0.5) is 0 Å². The van der Waals surface area contributed by atoms with E-state index in [1.165, 1.54) is 6.08 Å². The highest BCUT2D eigenvalue weighted by atomic mass is 16.4. The Kier molecular flexibility index (Phi) is 5.08. The van der Waals surface area contributed by atoms with E-state index in [1.54, 1.807) is 18.2 Å². The third kappa shape index (κ3) is 4.88. The van der Waals surface area contributed by atoms with Crippen molar-refractivity contribution in [2.75, 3.05) is 6.54 Å². The predicted molar refractivity (Wildman–Crippen MR) is 79.6 cm³/mol. The summed E-state index contributed by atoms with van der Waals surface area (Å²) >= 11 is 0. The highest BCUT2D eigenvalue weighted by Crippen LogP contribution is 2.16. The number of hydrogen-bond acceptors (Lipinski definition) is 2. The van der Waals surface area contributed by atoms with E-state index in [4.69, 9.17) is 5.11 Å². The topological polar surface area (TPSA) is 66.4 Å². The molecule has 4 heteroatoms. The molecule has 4 nitrogen and oxygen atoms in total. The van der Waals surface area contributed by atoms with Gasteiger partial charge in [-0.25, -0.2) is 4.79 Å². The normalized spacial score (nSPS) is 11.6. The Hall–Kier alpha value is -2.10. The first-order chi connectivity index (χ1) is 9.20. The van der Waals surface area contributed by atoms with Crippen LogP contribution in [-0.4, -0.2) is 23.5 Å². The monoisotopic (exact) mass is 275 g/mol. The molecule has 2 N–H and O–H groups in total. The number of nitrogens with one attached hydrogen (secondary N) is 1. The van der Waals surface area contributed by atoms with E-state index in [-0.39, 0.29) is 11.3 Å². The predicted octanol–water partition coefficient (Wildman–Crippen LogP) is 2.87. The zero-order chi connectivity index (χ0) is 15.3. The molecule has 1 aromatic rings. The lowest BCUT2D eigenvalue weighted by Gasteiger charge is -2.19. The molecule has 0 aromatic heterocycles. The van der Waals surface area contributed by atoms with Crippen molar-refractivity contribution in [3.05, 3.63) is 41.0 Å². The fourth-order valence-electron chi connectivity index (χ4n) is 1.68. The largest absolute Gasteiger partial charge is 0.478 e. The number of aliphatic carboxylic acids is 1. The van der Waals surface area contributed by atoms with Crippen LogP contribution in [0.5, 0.6) is 0 Å². The summed E-state index contributed by atoms with van der Waals surface area (Å²) in [6.07, 6.45) is 2.57. The molecular weight excluding hydrogens is 254 g/mol. The fraction of sp³-hybridized carbons (Fsp3) is 0.375. The minimum absolute atomic E-state index is 0.0182. The summed E-state index contributed by atoms with van der Waals surface area (Å²) in [5, 5.41) is 11.5. The number of carboxylic acid groups (broad SMARTS) is 1. The van der Waals surface area contributed by atoms with Crippen molar-refractivity contribution in [2.45, 2.75) is 27.7 Å². The molecule has 0 unspecified atom stereocenters. The second kappa shape index (κ2) is 6.37. The fourth-order valence-corrected chi connectivity index (χ4v) is 1.68. The SMILES string of the molecule is Cc1c(C=CC(=O)O)cccc1C(=O)NCC(C)(C)C. The molecule has 1 rings (SSSR count). The number of benzene rings is 1. The average Bonchev–Trinajstić information content (AvgIpc) is 2.33. The molecule has 0 saturated carbocycles. The van der Waals surface area contributed by atoms with Crippen LogP contribution in [0.15, 0.2) is 24.3 Å². The molecule has 0 aliphatic rings. The zero-order valence-electron chi connectivity index (χ0n) is 12.4. The first-order valence-electron chi connectivity index (χ1n) is 6.49. The molecule has 1 amide bonds.